The second-order valence-corrected chi connectivity index (χ2v) is 9.39. The summed E-state index contributed by atoms with van der Waals surface area (Å²) in [6.45, 7) is 0. The molecule has 0 atom stereocenters. The van der Waals surface area contributed by atoms with E-state index in [2.05, 4.69) is 14.1 Å². The number of aryl methyl sites for hydroxylation is 1. The molecule has 34 heavy (non-hydrogen) atoms. The first-order valence-corrected chi connectivity index (χ1v) is 12.1. The predicted octanol–water partition coefficient (Wildman–Crippen LogP) is 2.59. The fourth-order valence-corrected chi connectivity index (χ4v) is 4.79. The van der Waals surface area contributed by atoms with Gasteiger partial charge in [0.25, 0.3) is 15.6 Å². The van der Waals surface area contributed by atoms with E-state index in [0.29, 0.717) is 38.9 Å². The van der Waals surface area contributed by atoms with Crippen molar-refractivity contribution < 1.29 is 22.6 Å². The summed E-state index contributed by atoms with van der Waals surface area (Å²) in [6, 6.07) is 4.97. The summed E-state index contributed by atoms with van der Waals surface area (Å²) in [6.07, 6.45) is 5.79. The predicted molar refractivity (Wildman–Crippen MR) is 129 cm³/mol. The van der Waals surface area contributed by atoms with Crippen molar-refractivity contribution in [3.8, 4) is 27.7 Å². The number of ether oxygens (including phenoxy) is 3. The first-order valence-electron chi connectivity index (χ1n) is 9.77. The van der Waals surface area contributed by atoms with Crippen LogP contribution in [0.3, 0.4) is 0 Å². The Hall–Kier alpha value is -3.84. The van der Waals surface area contributed by atoms with Crippen LogP contribution in [-0.2, 0) is 17.1 Å². The van der Waals surface area contributed by atoms with Gasteiger partial charge in [0.1, 0.15) is 22.8 Å². The Kier molecular flexibility index (Phi) is 6.30. The van der Waals surface area contributed by atoms with Crippen molar-refractivity contribution in [3.05, 3.63) is 58.1 Å². The monoisotopic (exact) mass is 503 g/mol. The molecular weight excluding hydrogens is 482 g/mol. The van der Waals surface area contributed by atoms with Gasteiger partial charge in [-0.05, 0) is 23.7 Å². The van der Waals surface area contributed by atoms with E-state index in [4.69, 9.17) is 14.2 Å². The van der Waals surface area contributed by atoms with Crippen LogP contribution in [0.15, 0.2) is 47.0 Å². The van der Waals surface area contributed by atoms with Crippen LogP contribution >= 0.6 is 11.5 Å². The molecule has 3 heterocycles. The third kappa shape index (κ3) is 4.34. The Morgan fingerprint density at radius 2 is 1.82 bits per heavy atom. The first-order chi connectivity index (χ1) is 16.3. The number of hydrogen-bond donors (Lipinski definition) is 1. The van der Waals surface area contributed by atoms with Gasteiger partial charge in [0.2, 0.25) is 0 Å². The van der Waals surface area contributed by atoms with E-state index in [1.165, 1.54) is 60.5 Å². The summed E-state index contributed by atoms with van der Waals surface area (Å²) in [7, 11) is 2.05. The Morgan fingerprint density at radius 1 is 1.12 bits per heavy atom. The van der Waals surface area contributed by atoms with Gasteiger partial charge in [-0.1, -0.05) is 0 Å². The SMILES string of the molecule is COc1cc(OC)c(C=CS(=O)(=O)Nc2cnc3c(-c4ccns4)c(=O)n(C)n3c2)c(OC)c1. The molecule has 0 saturated carbocycles. The molecule has 11 nitrogen and oxygen atoms in total. The number of anilines is 1. The average Bonchev–Trinajstić information content (AvgIpc) is 3.44. The standard InChI is InChI=1S/C21H21N5O6S2/c1-25-21(27)19(18-5-7-23-33-18)20-22-11-13(12-26(20)25)24-34(28,29)8-6-15-16(31-3)9-14(30-2)10-17(15)32-4/h5-12,24H,1-4H3. The Morgan fingerprint density at radius 3 is 2.41 bits per heavy atom. The minimum Gasteiger partial charge on any atom is -0.496 e. The highest BCUT2D eigenvalue weighted by Gasteiger charge is 2.18. The molecule has 4 rings (SSSR count). The molecule has 4 aromatic rings. The van der Waals surface area contributed by atoms with E-state index in [-0.39, 0.29) is 11.2 Å². The van der Waals surface area contributed by atoms with E-state index in [1.807, 2.05) is 0 Å². The van der Waals surface area contributed by atoms with E-state index in [9.17, 15) is 13.2 Å². The Bertz CT molecular complexity index is 1510. The zero-order chi connectivity index (χ0) is 24.5. The van der Waals surface area contributed by atoms with Crippen molar-refractivity contribution >= 4 is 39.0 Å². The maximum Gasteiger partial charge on any atom is 0.277 e. The molecule has 0 fully saturated rings. The number of aromatic nitrogens is 4. The molecule has 0 aliphatic rings. The summed E-state index contributed by atoms with van der Waals surface area (Å²) < 4.78 is 50.7. The minimum absolute atomic E-state index is 0.173. The van der Waals surface area contributed by atoms with E-state index in [1.54, 1.807) is 31.4 Å². The van der Waals surface area contributed by atoms with Gasteiger partial charge in [-0.3, -0.25) is 9.52 Å². The molecule has 1 N–H and O–H groups in total. The van der Waals surface area contributed by atoms with Crippen molar-refractivity contribution in [2.75, 3.05) is 26.1 Å². The van der Waals surface area contributed by atoms with Crippen molar-refractivity contribution in [2.45, 2.75) is 0 Å². The number of fused-ring (bicyclic) bond motifs is 1. The van der Waals surface area contributed by atoms with E-state index < -0.39 is 10.0 Å². The maximum absolute atomic E-state index is 12.8. The molecule has 0 aliphatic carbocycles. The number of sulfonamides is 1. The molecule has 0 amide bonds. The molecule has 0 aliphatic heterocycles. The maximum atomic E-state index is 12.8. The van der Waals surface area contributed by atoms with Crippen LogP contribution in [-0.4, -0.2) is 48.3 Å². The largest absolute Gasteiger partial charge is 0.496 e. The van der Waals surface area contributed by atoms with Gasteiger partial charge < -0.3 is 14.2 Å². The molecule has 0 bridgehead atoms. The van der Waals surface area contributed by atoms with Crippen LogP contribution in [0.25, 0.3) is 22.2 Å². The van der Waals surface area contributed by atoms with Crippen molar-refractivity contribution in [1.29, 1.82) is 0 Å². The van der Waals surface area contributed by atoms with Crippen molar-refractivity contribution in [3.63, 3.8) is 0 Å². The molecule has 1 aromatic carbocycles. The van der Waals surface area contributed by atoms with Gasteiger partial charge in [0.15, 0.2) is 5.65 Å². The zero-order valence-corrected chi connectivity index (χ0v) is 20.3. The lowest BCUT2D eigenvalue weighted by Gasteiger charge is -2.12. The smallest absolute Gasteiger partial charge is 0.277 e. The van der Waals surface area contributed by atoms with E-state index >= 15 is 0 Å². The first kappa shape index (κ1) is 23.3. The summed E-state index contributed by atoms with van der Waals surface area (Å²) in [4.78, 5) is 17.7. The highest BCUT2D eigenvalue weighted by atomic mass is 32.2. The number of benzene rings is 1. The number of rotatable bonds is 8. The van der Waals surface area contributed by atoms with Gasteiger partial charge in [0.05, 0.1) is 55.3 Å². The molecule has 0 radical (unpaired) electrons. The molecule has 0 saturated heterocycles. The van der Waals surface area contributed by atoms with Crippen LogP contribution in [0.5, 0.6) is 17.2 Å². The summed E-state index contributed by atoms with van der Waals surface area (Å²) >= 11 is 1.18. The quantitative estimate of drug-likeness (QED) is 0.389. The summed E-state index contributed by atoms with van der Waals surface area (Å²) in [5.41, 5.74) is 1.12. The molecule has 0 spiro atoms. The number of hydrogen-bond acceptors (Lipinski definition) is 9. The van der Waals surface area contributed by atoms with Gasteiger partial charge in [-0.15, -0.1) is 0 Å². The topological polar surface area (TPSA) is 126 Å². The van der Waals surface area contributed by atoms with Crippen molar-refractivity contribution in [2.24, 2.45) is 7.05 Å². The summed E-state index contributed by atoms with van der Waals surface area (Å²) in [5, 5.41) is 0.988. The van der Waals surface area contributed by atoms with Gasteiger partial charge in [0, 0.05) is 25.4 Å². The van der Waals surface area contributed by atoms with Crippen LogP contribution in [0.1, 0.15) is 5.56 Å². The van der Waals surface area contributed by atoms with Gasteiger partial charge in [-0.25, -0.2) is 27.0 Å². The molecule has 178 valence electrons. The molecule has 13 heteroatoms. The van der Waals surface area contributed by atoms with Gasteiger partial charge in [-0.2, -0.15) is 0 Å². The number of methoxy groups -OCH3 is 3. The molecular formula is C21H21N5O6S2. The number of nitrogens with zero attached hydrogens (tertiary/aromatic N) is 4. The van der Waals surface area contributed by atoms with Gasteiger partial charge >= 0.3 is 0 Å². The lowest BCUT2D eigenvalue weighted by atomic mass is 10.1. The fourth-order valence-electron chi connectivity index (χ4n) is 3.34. The van der Waals surface area contributed by atoms with Crippen LogP contribution in [0.2, 0.25) is 0 Å². The lowest BCUT2D eigenvalue weighted by Crippen LogP contribution is -2.16. The highest BCUT2D eigenvalue weighted by molar-refractivity contribution is 7.95. The second-order valence-electron chi connectivity index (χ2n) is 6.99. The third-order valence-corrected chi connectivity index (χ3v) is 6.75. The highest BCUT2D eigenvalue weighted by Crippen LogP contribution is 2.35. The third-order valence-electron chi connectivity index (χ3n) is 4.97. The number of nitrogens with one attached hydrogen (secondary N) is 1. The van der Waals surface area contributed by atoms with E-state index in [0.717, 1.165) is 5.41 Å². The molecule has 3 aromatic heterocycles. The normalized spacial score (nSPS) is 11.8. The lowest BCUT2D eigenvalue weighted by molar-refractivity contribution is 0.374. The Labute approximate surface area is 199 Å². The zero-order valence-electron chi connectivity index (χ0n) is 18.7. The van der Waals surface area contributed by atoms with Crippen LogP contribution < -0.4 is 24.5 Å². The molecule has 0 unspecified atom stereocenters. The van der Waals surface area contributed by atoms with Crippen LogP contribution in [0, 0.1) is 0 Å². The van der Waals surface area contributed by atoms with Crippen molar-refractivity contribution in [1.82, 2.24) is 18.6 Å². The summed E-state index contributed by atoms with van der Waals surface area (Å²) in [5.74, 6) is 1.26. The average molecular weight is 504 g/mol. The minimum atomic E-state index is -3.95. The van der Waals surface area contributed by atoms with Crippen LogP contribution in [0.4, 0.5) is 5.69 Å². The Balaban J connectivity index is 1.67. The fraction of sp³-hybridized carbons (Fsp3) is 0.190. The second kappa shape index (κ2) is 9.19.